The van der Waals surface area contributed by atoms with Crippen LogP contribution < -0.4 is 10.6 Å². The summed E-state index contributed by atoms with van der Waals surface area (Å²) in [6, 6.07) is 14.5. The SMILES string of the molecule is CCCCn1c(-c2ccc(Cl)cc2)nn(CCC(=O)Nc2cccc(NC(C)=O)c2)c1=S. The summed E-state index contributed by atoms with van der Waals surface area (Å²) in [4.78, 5) is 23.7. The molecule has 2 aromatic carbocycles. The van der Waals surface area contributed by atoms with Crippen LogP contribution in [0.5, 0.6) is 0 Å². The lowest BCUT2D eigenvalue weighted by Crippen LogP contribution is -2.15. The molecule has 9 heteroatoms. The van der Waals surface area contributed by atoms with E-state index in [1.165, 1.54) is 6.92 Å². The van der Waals surface area contributed by atoms with Gasteiger partial charge in [-0.3, -0.25) is 14.2 Å². The van der Waals surface area contributed by atoms with Gasteiger partial charge in [0.15, 0.2) is 10.6 Å². The first kappa shape index (κ1) is 23.7. The first-order valence-electron chi connectivity index (χ1n) is 10.5. The highest BCUT2D eigenvalue weighted by molar-refractivity contribution is 7.71. The Hall–Kier alpha value is -2.97. The van der Waals surface area contributed by atoms with Gasteiger partial charge in [0, 0.05) is 41.9 Å². The number of benzene rings is 2. The van der Waals surface area contributed by atoms with Crippen LogP contribution in [-0.4, -0.2) is 26.2 Å². The fourth-order valence-corrected chi connectivity index (χ4v) is 3.66. The number of nitrogens with zero attached hydrogens (tertiary/aromatic N) is 3. The molecule has 0 aliphatic heterocycles. The Labute approximate surface area is 197 Å². The molecule has 1 aromatic heterocycles. The van der Waals surface area contributed by atoms with Crippen LogP contribution in [0.4, 0.5) is 11.4 Å². The molecule has 0 saturated carbocycles. The molecule has 0 bridgehead atoms. The number of rotatable bonds is 9. The fourth-order valence-electron chi connectivity index (χ4n) is 3.23. The number of hydrogen-bond acceptors (Lipinski definition) is 4. The quantitative estimate of drug-likeness (QED) is 0.402. The monoisotopic (exact) mass is 471 g/mol. The van der Waals surface area contributed by atoms with Gasteiger partial charge in [0.1, 0.15) is 0 Å². The second kappa shape index (κ2) is 11.1. The minimum Gasteiger partial charge on any atom is -0.326 e. The van der Waals surface area contributed by atoms with Gasteiger partial charge in [-0.05, 0) is 61.1 Å². The number of aromatic nitrogens is 3. The minimum atomic E-state index is -0.169. The Bertz CT molecular complexity index is 1150. The van der Waals surface area contributed by atoms with E-state index in [0.717, 1.165) is 30.8 Å². The molecule has 0 radical (unpaired) electrons. The maximum Gasteiger partial charge on any atom is 0.226 e. The predicted octanol–water partition coefficient (Wildman–Crippen LogP) is 5.52. The Morgan fingerprint density at radius 1 is 1.06 bits per heavy atom. The Morgan fingerprint density at radius 2 is 1.75 bits per heavy atom. The summed E-state index contributed by atoms with van der Waals surface area (Å²) in [6.45, 7) is 4.68. The van der Waals surface area contributed by atoms with Crippen molar-refractivity contribution in [1.82, 2.24) is 14.3 Å². The molecule has 1 heterocycles. The highest BCUT2D eigenvalue weighted by Crippen LogP contribution is 2.22. The Kier molecular flexibility index (Phi) is 8.19. The zero-order valence-corrected chi connectivity index (χ0v) is 19.7. The van der Waals surface area contributed by atoms with Crippen LogP contribution >= 0.6 is 23.8 Å². The number of aryl methyl sites for hydroxylation is 1. The highest BCUT2D eigenvalue weighted by Gasteiger charge is 2.14. The number of anilines is 2. The number of carbonyl (C=O) groups is 2. The summed E-state index contributed by atoms with van der Waals surface area (Å²) in [6.07, 6.45) is 2.22. The van der Waals surface area contributed by atoms with Gasteiger partial charge in [-0.1, -0.05) is 31.0 Å². The van der Waals surface area contributed by atoms with Crippen LogP contribution in [-0.2, 0) is 22.7 Å². The van der Waals surface area contributed by atoms with E-state index in [0.29, 0.717) is 27.7 Å². The van der Waals surface area contributed by atoms with Crippen molar-refractivity contribution < 1.29 is 9.59 Å². The fraction of sp³-hybridized carbons (Fsp3) is 0.304. The van der Waals surface area contributed by atoms with E-state index >= 15 is 0 Å². The smallest absolute Gasteiger partial charge is 0.226 e. The van der Waals surface area contributed by atoms with Crippen LogP contribution in [0, 0.1) is 4.77 Å². The highest BCUT2D eigenvalue weighted by atomic mass is 35.5. The van der Waals surface area contributed by atoms with Gasteiger partial charge in [-0.15, -0.1) is 0 Å². The molecule has 168 valence electrons. The first-order chi connectivity index (χ1) is 15.4. The van der Waals surface area contributed by atoms with Crippen molar-refractivity contribution in [3.05, 3.63) is 58.3 Å². The van der Waals surface area contributed by atoms with E-state index in [1.807, 2.05) is 28.8 Å². The lowest BCUT2D eigenvalue weighted by molar-refractivity contribution is -0.116. The van der Waals surface area contributed by atoms with Gasteiger partial charge >= 0.3 is 0 Å². The number of unbranched alkanes of at least 4 members (excludes halogenated alkanes) is 1. The molecule has 3 rings (SSSR count). The minimum absolute atomic E-state index is 0.164. The van der Waals surface area contributed by atoms with Gasteiger partial charge < -0.3 is 10.6 Å². The molecular formula is C23H26ClN5O2S. The van der Waals surface area contributed by atoms with Crippen molar-refractivity contribution in [2.24, 2.45) is 0 Å². The van der Waals surface area contributed by atoms with Crippen molar-refractivity contribution in [3.8, 4) is 11.4 Å². The van der Waals surface area contributed by atoms with Crippen molar-refractivity contribution in [1.29, 1.82) is 0 Å². The van der Waals surface area contributed by atoms with E-state index in [2.05, 4.69) is 17.6 Å². The number of nitrogens with one attached hydrogen (secondary N) is 2. The zero-order chi connectivity index (χ0) is 23.1. The third-order valence-corrected chi connectivity index (χ3v) is 5.46. The van der Waals surface area contributed by atoms with E-state index in [9.17, 15) is 9.59 Å². The van der Waals surface area contributed by atoms with Crippen LogP contribution in [0.1, 0.15) is 33.1 Å². The molecule has 0 unspecified atom stereocenters. The zero-order valence-electron chi connectivity index (χ0n) is 18.1. The molecule has 0 fully saturated rings. The van der Waals surface area contributed by atoms with E-state index < -0.39 is 0 Å². The maximum absolute atomic E-state index is 12.5. The molecule has 0 aliphatic rings. The van der Waals surface area contributed by atoms with Gasteiger partial charge in [-0.2, -0.15) is 5.10 Å². The molecule has 2 amide bonds. The number of halogens is 1. The molecule has 0 saturated heterocycles. The summed E-state index contributed by atoms with van der Waals surface area (Å²) >= 11 is 11.7. The molecule has 0 atom stereocenters. The second-order valence-electron chi connectivity index (χ2n) is 7.40. The molecular weight excluding hydrogens is 446 g/mol. The van der Waals surface area contributed by atoms with E-state index in [4.69, 9.17) is 28.9 Å². The second-order valence-corrected chi connectivity index (χ2v) is 8.20. The number of hydrogen-bond donors (Lipinski definition) is 2. The van der Waals surface area contributed by atoms with Crippen molar-refractivity contribution >= 4 is 47.0 Å². The van der Waals surface area contributed by atoms with Crippen LogP contribution in [0.25, 0.3) is 11.4 Å². The lowest BCUT2D eigenvalue weighted by atomic mass is 10.2. The summed E-state index contributed by atoms with van der Waals surface area (Å²) in [5.41, 5.74) is 2.16. The van der Waals surface area contributed by atoms with Gasteiger partial charge in [0.25, 0.3) is 0 Å². The maximum atomic E-state index is 12.5. The average Bonchev–Trinajstić information content (AvgIpc) is 3.06. The molecule has 7 nitrogen and oxygen atoms in total. The summed E-state index contributed by atoms with van der Waals surface area (Å²) in [5, 5.41) is 10.9. The van der Waals surface area contributed by atoms with Crippen molar-refractivity contribution in [2.75, 3.05) is 10.6 Å². The normalized spacial score (nSPS) is 10.7. The number of carbonyl (C=O) groups excluding carboxylic acids is 2. The van der Waals surface area contributed by atoms with Crippen LogP contribution in [0.2, 0.25) is 5.02 Å². The van der Waals surface area contributed by atoms with E-state index in [-0.39, 0.29) is 18.2 Å². The molecule has 0 aliphatic carbocycles. The van der Waals surface area contributed by atoms with Gasteiger partial charge in [0.2, 0.25) is 11.8 Å². The lowest BCUT2D eigenvalue weighted by Gasteiger charge is -2.08. The Morgan fingerprint density at radius 3 is 2.41 bits per heavy atom. The third kappa shape index (κ3) is 6.27. The van der Waals surface area contributed by atoms with Crippen LogP contribution in [0.15, 0.2) is 48.5 Å². The summed E-state index contributed by atoms with van der Waals surface area (Å²) in [5.74, 6) is 0.435. The standard InChI is InChI=1S/C23H26ClN5O2S/c1-3-4-13-28-22(17-8-10-18(24)11-9-17)27-29(23(28)32)14-12-21(31)26-20-7-5-6-19(15-20)25-16(2)30/h5-11,15H,3-4,12-14H2,1-2H3,(H,25,30)(H,26,31). The molecule has 3 aromatic rings. The molecule has 2 N–H and O–H groups in total. The Balaban J connectivity index is 1.73. The topological polar surface area (TPSA) is 81.0 Å². The van der Waals surface area contributed by atoms with Crippen molar-refractivity contribution in [2.45, 2.75) is 46.2 Å². The summed E-state index contributed by atoms with van der Waals surface area (Å²) < 4.78 is 4.29. The third-order valence-electron chi connectivity index (χ3n) is 4.78. The molecule has 0 spiro atoms. The van der Waals surface area contributed by atoms with Crippen LogP contribution in [0.3, 0.4) is 0 Å². The van der Waals surface area contributed by atoms with Crippen molar-refractivity contribution in [3.63, 3.8) is 0 Å². The first-order valence-corrected chi connectivity index (χ1v) is 11.3. The average molecular weight is 472 g/mol. The van der Waals surface area contributed by atoms with Gasteiger partial charge in [0.05, 0.1) is 6.54 Å². The van der Waals surface area contributed by atoms with E-state index in [1.54, 1.807) is 28.9 Å². The summed E-state index contributed by atoms with van der Waals surface area (Å²) in [7, 11) is 0. The number of amides is 2. The predicted molar refractivity (Wildman–Crippen MR) is 130 cm³/mol. The molecule has 32 heavy (non-hydrogen) atoms. The van der Waals surface area contributed by atoms with Gasteiger partial charge in [-0.25, -0.2) is 4.68 Å². The largest absolute Gasteiger partial charge is 0.326 e.